The SMILES string of the molecule is C[C@H](c1ccccc1)C1(COc2cccnc2)CNCCN1C(N)=O. The van der Waals surface area contributed by atoms with Crippen molar-refractivity contribution >= 4 is 6.03 Å². The Bertz CT molecular complexity index is 695. The van der Waals surface area contributed by atoms with Crippen molar-refractivity contribution in [3.63, 3.8) is 0 Å². The van der Waals surface area contributed by atoms with E-state index in [9.17, 15) is 4.79 Å². The summed E-state index contributed by atoms with van der Waals surface area (Å²) in [6.07, 6.45) is 3.37. The molecule has 3 rings (SSSR count). The quantitative estimate of drug-likeness (QED) is 0.872. The lowest BCUT2D eigenvalue weighted by molar-refractivity contribution is 0.0322. The van der Waals surface area contributed by atoms with Crippen molar-refractivity contribution in [2.45, 2.75) is 18.4 Å². The normalized spacial score (nSPS) is 21.6. The molecule has 1 aromatic heterocycles. The summed E-state index contributed by atoms with van der Waals surface area (Å²) in [5.74, 6) is 0.725. The molecule has 0 spiro atoms. The number of aromatic nitrogens is 1. The highest BCUT2D eigenvalue weighted by Crippen LogP contribution is 2.35. The highest BCUT2D eigenvalue weighted by molar-refractivity contribution is 5.73. The van der Waals surface area contributed by atoms with Crippen LogP contribution in [-0.4, -0.2) is 47.7 Å². The van der Waals surface area contributed by atoms with Crippen molar-refractivity contribution in [1.29, 1.82) is 0 Å². The van der Waals surface area contributed by atoms with Crippen molar-refractivity contribution in [3.05, 3.63) is 60.4 Å². The Morgan fingerprint density at radius 3 is 2.84 bits per heavy atom. The first kappa shape index (κ1) is 17.2. The van der Waals surface area contributed by atoms with Gasteiger partial charge in [-0.2, -0.15) is 0 Å². The number of hydrogen-bond acceptors (Lipinski definition) is 4. The molecule has 1 aliphatic rings. The smallest absolute Gasteiger partial charge is 0.315 e. The number of urea groups is 1. The Morgan fingerprint density at radius 1 is 1.36 bits per heavy atom. The first-order valence-electron chi connectivity index (χ1n) is 8.49. The minimum atomic E-state index is -0.568. The molecule has 6 nitrogen and oxygen atoms in total. The average Bonchev–Trinajstić information content (AvgIpc) is 2.67. The van der Waals surface area contributed by atoms with Crippen LogP contribution in [0.25, 0.3) is 0 Å². The van der Waals surface area contributed by atoms with Crippen LogP contribution in [0.3, 0.4) is 0 Å². The van der Waals surface area contributed by atoms with Gasteiger partial charge in [-0.3, -0.25) is 4.98 Å². The number of piperazine rings is 1. The third-order valence-electron chi connectivity index (χ3n) is 4.98. The van der Waals surface area contributed by atoms with E-state index in [0.717, 1.165) is 12.1 Å². The van der Waals surface area contributed by atoms with E-state index in [1.807, 2.05) is 30.3 Å². The monoisotopic (exact) mass is 340 g/mol. The molecular weight excluding hydrogens is 316 g/mol. The van der Waals surface area contributed by atoms with E-state index < -0.39 is 11.6 Å². The van der Waals surface area contributed by atoms with Crippen molar-refractivity contribution in [2.75, 3.05) is 26.2 Å². The van der Waals surface area contributed by atoms with Crippen LogP contribution < -0.4 is 15.8 Å². The summed E-state index contributed by atoms with van der Waals surface area (Å²) < 4.78 is 6.02. The number of rotatable bonds is 5. The van der Waals surface area contributed by atoms with E-state index in [0.29, 0.717) is 25.4 Å². The van der Waals surface area contributed by atoms with Gasteiger partial charge in [-0.25, -0.2) is 4.79 Å². The fourth-order valence-electron chi connectivity index (χ4n) is 3.48. The maximum Gasteiger partial charge on any atom is 0.315 e. The Kier molecular flexibility index (Phi) is 5.19. The van der Waals surface area contributed by atoms with Crippen LogP contribution >= 0.6 is 0 Å². The lowest BCUT2D eigenvalue weighted by atomic mass is 9.78. The number of benzene rings is 1. The molecule has 1 saturated heterocycles. The van der Waals surface area contributed by atoms with Crippen LogP contribution in [0.1, 0.15) is 18.4 Å². The number of pyridine rings is 1. The number of carbonyl (C=O) groups is 1. The van der Waals surface area contributed by atoms with E-state index in [2.05, 4.69) is 29.4 Å². The molecule has 6 heteroatoms. The van der Waals surface area contributed by atoms with E-state index in [1.54, 1.807) is 17.3 Å². The zero-order valence-corrected chi connectivity index (χ0v) is 14.4. The fourth-order valence-corrected chi connectivity index (χ4v) is 3.48. The maximum absolute atomic E-state index is 12.2. The maximum atomic E-state index is 12.2. The second-order valence-corrected chi connectivity index (χ2v) is 6.38. The van der Waals surface area contributed by atoms with Gasteiger partial charge in [-0.15, -0.1) is 0 Å². The zero-order chi connectivity index (χ0) is 17.7. The van der Waals surface area contributed by atoms with Gasteiger partial charge in [0.1, 0.15) is 12.4 Å². The molecule has 1 fully saturated rings. The lowest BCUT2D eigenvalue weighted by Crippen LogP contribution is -2.68. The van der Waals surface area contributed by atoms with Gasteiger partial charge in [0.15, 0.2) is 0 Å². The average molecular weight is 340 g/mol. The zero-order valence-electron chi connectivity index (χ0n) is 14.4. The summed E-state index contributed by atoms with van der Waals surface area (Å²) in [5.41, 5.74) is 6.30. The number of carbonyl (C=O) groups excluding carboxylic acids is 1. The molecule has 2 atom stereocenters. The first-order valence-corrected chi connectivity index (χ1v) is 8.49. The Labute approximate surface area is 148 Å². The number of nitrogens with two attached hydrogens (primary N) is 1. The predicted molar refractivity (Wildman–Crippen MR) is 96.5 cm³/mol. The van der Waals surface area contributed by atoms with Gasteiger partial charge in [0, 0.05) is 31.7 Å². The number of hydrogen-bond donors (Lipinski definition) is 2. The van der Waals surface area contributed by atoms with E-state index in [1.165, 1.54) is 0 Å². The molecule has 2 aromatic rings. The van der Waals surface area contributed by atoms with Gasteiger partial charge in [0.2, 0.25) is 0 Å². The largest absolute Gasteiger partial charge is 0.489 e. The molecule has 1 aromatic carbocycles. The number of nitrogens with one attached hydrogen (secondary N) is 1. The summed E-state index contributed by atoms with van der Waals surface area (Å²) in [5, 5.41) is 3.40. The summed E-state index contributed by atoms with van der Waals surface area (Å²) >= 11 is 0. The Morgan fingerprint density at radius 2 is 2.16 bits per heavy atom. The summed E-state index contributed by atoms with van der Waals surface area (Å²) in [4.78, 5) is 18.0. The van der Waals surface area contributed by atoms with Crippen molar-refractivity contribution in [2.24, 2.45) is 5.73 Å². The minimum absolute atomic E-state index is 0.0469. The summed E-state index contributed by atoms with van der Waals surface area (Å²) in [6, 6.07) is 13.4. The van der Waals surface area contributed by atoms with E-state index in [-0.39, 0.29) is 5.92 Å². The molecule has 0 radical (unpaired) electrons. The molecule has 2 heterocycles. The van der Waals surface area contributed by atoms with E-state index in [4.69, 9.17) is 10.5 Å². The van der Waals surface area contributed by atoms with Gasteiger partial charge < -0.3 is 20.7 Å². The van der Waals surface area contributed by atoms with Gasteiger partial charge >= 0.3 is 6.03 Å². The number of amides is 2. The van der Waals surface area contributed by atoms with Gasteiger partial charge in [-0.05, 0) is 17.7 Å². The van der Waals surface area contributed by atoms with Crippen LogP contribution in [0.2, 0.25) is 0 Å². The lowest BCUT2D eigenvalue weighted by Gasteiger charge is -2.50. The number of nitrogens with zero attached hydrogens (tertiary/aromatic N) is 2. The van der Waals surface area contributed by atoms with Crippen molar-refractivity contribution < 1.29 is 9.53 Å². The predicted octanol–water partition coefficient (Wildman–Crippen LogP) is 1.99. The standard InChI is InChI=1S/C19H24N4O2/c1-15(16-6-3-2-4-7-16)19(13-22-10-11-23(19)18(20)24)14-25-17-8-5-9-21-12-17/h2-9,12,15,22H,10-11,13-14H2,1H3,(H2,20,24)/t15-,19?/m1/s1. The second kappa shape index (κ2) is 7.53. The molecule has 0 bridgehead atoms. The molecule has 1 aliphatic heterocycles. The van der Waals surface area contributed by atoms with Crippen molar-refractivity contribution in [1.82, 2.24) is 15.2 Å². The highest BCUT2D eigenvalue weighted by atomic mass is 16.5. The van der Waals surface area contributed by atoms with Crippen LogP contribution in [0.5, 0.6) is 5.75 Å². The third kappa shape index (κ3) is 3.58. The summed E-state index contributed by atoms with van der Waals surface area (Å²) in [6.45, 7) is 4.35. The Hall–Kier alpha value is -2.60. The molecule has 0 aliphatic carbocycles. The van der Waals surface area contributed by atoms with Crippen LogP contribution in [0, 0.1) is 0 Å². The number of ether oxygens (including phenoxy) is 1. The second-order valence-electron chi connectivity index (χ2n) is 6.38. The molecule has 3 N–H and O–H groups in total. The highest BCUT2D eigenvalue weighted by Gasteiger charge is 2.46. The van der Waals surface area contributed by atoms with Gasteiger partial charge in [0.25, 0.3) is 0 Å². The van der Waals surface area contributed by atoms with Gasteiger partial charge in [-0.1, -0.05) is 37.3 Å². The third-order valence-corrected chi connectivity index (χ3v) is 4.98. The molecule has 25 heavy (non-hydrogen) atoms. The van der Waals surface area contributed by atoms with E-state index >= 15 is 0 Å². The first-order chi connectivity index (χ1) is 12.1. The minimum Gasteiger partial charge on any atom is -0.489 e. The van der Waals surface area contributed by atoms with Crippen LogP contribution in [-0.2, 0) is 0 Å². The molecule has 1 unspecified atom stereocenters. The Balaban J connectivity index is 1.93. The molecule has 132 valence electrons. The fraction of sp³-hybridized carbons (Fsp3) is 0.368. The molecule has 2 amide bonds. The summed E-state index contributed by atoms with van der Waals surface area (Å²) in [7, 11) is 0. The van der Waals surface area contributed by atoms with Crippen molar-refractivity contribution in [3.8, 4) is 5.75 Å². The topological polar surface area (TPSA) is 80.5 Å². The van der Waals surface area contributed by atoms with Gasteiger partial charge in [0.05, 0.1) is 11.7 Å². The molecule has 0 saturated carbocycles. The van der Waals surface area contributed by atoms with Crippen LogP contribution in [0.15, 0.2) is 54.9 Å². The number of primary amides is 1. The van der Waals surface area contributed by atoms with Crippen LogP contribution in [0.4, 0.5) is 4.79 Å². The molecular formula is C19H24N4O2.